The molecule has 0 spiro atoms. The summed E-state index contributed by atoms with van der Waals surface area (Å²) in [4.78, 5) is 12.4. The van der Waals surface area contributed by atoms with Crippen molar-refractivity contribution < 1.29 is 4.79 Å². The smallest absolute Gasteiger partial charge is 0.245 e. The Morgan fingerprint density at radius 2 is 2.25 bits per heavy atom. The van der Waals surface area contributed by atoms with E-state index in [0.717, 1.165) is 31.4 Å². The molecule has 1 aliphatic rings. The number of carbonyl (C=O) groups excluding carboxylic acids is 1. The zero-order valence-electron chi connectivity index (χ0n) is 12.9. The van der Waals surface area contributed by atoms with Crippen LogP contribution in [0.5, 0.6) is 0 Å². The predicted molar refractivity (Wildman–Crippen MR) is 80.5 cm³/mol. The second-order valence-electron chi connectivity index (χ2n) is 7.23. The first kappa shape index (κ1) is 15.0. The van der Waals surface area contributed by atoms with E-state index < -0.39 is 5.54 Å². The Kier molecular flexibility index (Phi) is 3.91. The van der Waals surface area contributed by atoms with Crippen molar-refractivity contribution in [2.45, 2.75) is 64.3 Å². The fraction of sp³-hybridized carbons (Fsp3) is 0.733. The van der Waals surface area contributed by atoms with Gasteiger partial charge in [0.1, 0.15) is 0 Å². The normalized spacial score (nSPS) is 27.4. The van der Waals surface area contributed by atoms with E-state index in [1.165, 1.54) is 0 Å². The summed E-state index contributed by atoms with van der Waals surface area (Å²) in [7, 11) is 0. The van der Waals surface area contributed by atoms with Crippen molar-refractivity contribution in [1.29, 1.82) is 0 Å². The standard InChI is InChI=1S/C15H26N4O/c1-10-6-5-7-15(16,9-10)13(20)17-12-8-11(18-19-12)14(2,3)4/h8,10H,5-7,9,16H2,1-4H3,(H2,17,18,19,20). The number of nitrogens with two attached hydrogens (primary N) is 1. The van der Waals surface area contributed by atoms with Gasteiger partial charge in [-0.2, -0.15) is 5.10 Å². The second-order valence-corrected chi connectivity index (χ2v) is 7.23. The first-order valence-electron chi connectivity index (χ1n) is 7.37. The van der Waals surface area contributed by atoms with Gasteiger partial charge in [0.25, 0.3) is 0 Å². The van der Waals surface area contributed by atoms with Crippen molar-refractivity contribution in [3.05, 3.63) is 11.8 Å². The molecule has 1 aromatic heterocycles. The lowest BCUT2D eigenvalue weighted by atomic mass is 9.76. The molecule has 1 fully saturated rings. The van der Waals surface area contributed by atoms with E-state index in [2.05, 4.69) is 43.2 Å². The highest BCUT2D eigenvalue weighted by atomic mass is 16.2. The summed E-state index contributed by atoms with van der Waals surface area (Å²) in [6.45, 7) is 8.44. The highest BCUT2D eigenvalue weighted by molar-refractivity contribution is 5.97. The number of amides is 1. The molecule has 20 heavy (non-hydrogen) atoms. The number of carbonyl (C=O) groups is 1. The van der Waals surface area contributed by atoms with Gasteiger partial charge in [0, 0.05) is 17.2 Å². The zero-order chi connectivity index (χ0) is 15.0. The lowest BCUT2D eigenvalue weighted by molar-refractivity contribution is -0.122. The Morgan fingerprint density at radius 3 is 2.80 bits per heavy atom. The predicted octanol–water partition coefficient (Wildman–Crippen LogP) is 2.55. The molecule has 1 heterocycles. The molecule has 0 aromatic carbocycles. The van der Waals surface area contributed by atoms with E-state index in [4.69, 9.17) is 5.73 Å². The first-order valence-corrected chi connectivity index (χ1v) is 7.37. The van der Waals surface area contributed by atoms with Gasteiger partial charge < -0.3 is 11.1 Å². The van der Waals surface area contributed by atoms with Crippen molar-refractivity contribution in [2.75, 3.05) is 5.32 Å². The molecule has 1 amide bonds. The Balaban J connectivity index is 2.06. The third kappa shape index (κ3) is 3.20. The highest BCUT2D eigenvalue weighted by Gasteiger charge is 2.38. The minimum Gasteiger partial charge on any atom is -0.317 e. The van der Waals surface area contributed by atoms with Crippen LogP contribution in [0.15, 0.2) is 6.07 Å². The van der Waals surface area contributed by atoms with Crippen LogP contribution < -0.4 is 11.1 Å². The number of aromatic amines is 1. The Labute approximate surface area is 120 Å². The number of hydrogen-bond acceptors (Lipinski definition) is 3. The zero-order valence-corrected chi connectivity index (χ0v) is 12.9. The van der Waals surface area contributed by atoms with Crippen LogP contribution in [0.4, 0.5) is 5.82 Å². The first-order chi connectivity index (χ1) is 9.21. The number of nitrogens with zero attached hydrogens (tertiary/aromatic N) is 1. The van der Waals surface area contributed by atoms with Gasteiger partial charge in [-0.15, -0.1) is 0 Å². The molecule has 5 heteroatoms. The van der Waals surface area contributed by atoms with Crippen molar-refractivity contribution >= 4 is 11.7 Å². The Hall–Kier alpha value is -1.36. The molecule has 2 atom stereocenters. The summed E-state index contributed by atoms with van der Waals surface area (Å²) in [5, 5.41) is 9.98. The molecule has 4 N–H and O–H groups in total. The van der Waals surface area contributed by atoms with Crippen LogP contribution in [-0.4, -0.2) is 21.6 Å². The number of anilines is 1. The van der Waals surface area contributed by atoms with E-state index in [-0.39, 0.29) is 11.3 Å². The summed E-state index contributed by atoms with van der Waals surface area (Å²) < 4.78 is 0. The topological polar surface area (TPSA) is 83.8 Å². The Morgan fingerprint density at radius 1 is 1.55 bits per heavy atom. The summed E-state index contributed by atoms with van der Waals surface area (Å²) in [6.07, 6.45) is 3.66. The van der Waals surface area contributed by atoms with Crippen LogP contribution in [-0.2, 0) is 10.2 Å². The van der Waals surface area contributed by atoms with Gasteiger partial charge in [-0.3, -0.25) is 9.89 Å². The average Bonchev–Trinajstić information content (AvgIpc) is 2.76. The van der Waals surface area contributed by atoms with Crippen LogP contribution in [0.1, 0.15) is 59.1 Å². The van der Waals surface area contributed by atoms with E-state index in [0.29, 0.717) is 11.7 Å². The molecule has 0 aliphatic heterocycles. The summed E-state index contributed by atoms with van der Waals surface area (Å²) in [5.41, 5.74) is 6.51. The fourth-order valence-corrected chi connectivity index (χ4v) is 2.81. The monoisotopic (exact) mass is 278 g/mol. The van der Waals surface area contributed by atoms with Crippen molar-refractivity contribution in [3.63, 3.8) is 0 Å². The number of nitrogens with one attached hydrogen (secondary N) is 2. The minimum atomic E-state index is -0.751. The average molecular weight is 278 g/mol. The second kappa shape index (κ2) is 5.20. The van der Waals surface area contributed by atoms with Crippen LogP contribution in [0, 0.1) is 5.92 Å². The van der Waals surface area contributed by atoms with Gasteiger partial charge in [0.15, 0.2) is 5.82 Å². The molecule has 2 unspecified atom stereocenters. The van der Waals surface area contributed by atoms with E-state index in [9.17, 15) is 4.79 Å². The van der Waals surface area contributed by atoms with Crippen molar-refractivity contribution in [1.82, 2.24) is 10.2 Å². The molecule has 0 bridgehead atoms. The lowest BCUT2D eigenvalue weighted by Gasteiger charge is -2.35. The van der Waals surface area contributed by atoms with Gasteiger partial charge in [0.2, 0.25) is 5.91 Å². The molecule has 112 valence electrons. The lowest BCUT2D eigenvalue weighted by Crippen LogP contribution is -2.53. The number of H-pyrrole nitrogens is 1. The molecule has 1 aliphatic carbocycles. The summed E-state index contributed by atoms with van der Waals surface area (Å²) in [5.74, 6) is 0.947. The SMILES string of the molecule is CC1CCCC(N)(C(=O)Nc2cc(C(C)(C)C)[nH]n2)C1. The molecular weight excluding hydrogens is 252 g/mol. The molecule has 2 rings (SSSR count). The van der Waals surface area contributed by atoms with Gasteiger partial charge >= 0.3 is 0 Å². The quantitative estimate of drug-likeness (QED) is 0.777. The third-order valence-electron chi connectivity index (χ3n) is 4.11. The summed E-state index contributed by atoms with van der Waals surface area (Å²) in [6, 6.07) is 1.88. The van der Waals surface area contributed by atoms with Crippen LogP contribution in [0.3, 0.4) is 0 Å². The van der Waals surface area contributed by atoms with E-state index in [1.807, 2.05) is 6.07 Å². The molecule has 0 radical (unpaired) electrons. The van der Waals surface area contributed by atoms with Gasteiger partial charge in [-0.05, 0) is 18.8 Å². The van der Waals surface area contributed by atoms with Gasteiger partial charge in [-0.1, -0.05) is 40.5 Å². The largest absolute Gasteiger partial charge is 0.317 e. The Bertz CT molecular complexity index is 488. The maximum atomic E-state index is 12.4. The van der Waals surface area contributed by atoms with Crippen molar-refractivity contribution in [2.24, 2.45) is 11.7 Å². The molecule has 1 aromatic rings. The molecular formula is C15H26N4O. The van der Waals surface area contributed by atoms with Crippen molar-refractivity contribution in [3.8, 4) is 0 Å². The van der Waals surface area contributed by atoms with E-state index in [1.54, 1.807) is 0 Å². The van der Waals surface area contributed by atoms with Gasteiger partial charge in [0.05, 0.1) is 5.54 Å². The number of hydrogen-bond donors (Lipinski definition) is 3. The molecule has 1 saturated carbocycles. The highest BCUT2D eigenvalue weighted by Crippen LogP contribution is 2.31. The van der Waals surface area contributed by atoms with E-state index >= 15 is 0 Å². The van der Waals surface area contributed by atoms with Crippen LogP contribution in [0.2, 0.25) is 0 Å². The maximum absolute atomic E-state index is 12.4. The van der Waals surface area contributed by atoms with Gasteiger partial charge in [-0.25, -0.2) is 0 Å². The fourth-order valence-electron chi connectivity index (χ4n) is 2.81. The minimum absolute atomic E-state index is 0.0181. The van der Waals surface area contributed by atoms with Crippen LogP contribution in [0.25, 0.3) is 0 Å². The molecule has 0 saturated heterocycles. The number of rotatable bonds is 2. The maximum Gasteiger partial charge on any atom is 0.245 e. The molecule has 5 nitrogen and oxygen atoms in total. The third-order valence-corrected chi connectivity index (χ3v) is 4.11. The summed E-state index contributed by atoms with van der Waals surface area (Å²) >= 11 is 0. The number of aromatic nitrogens is 2. The van der Waals surface area contributed by atoms with Crippen LogP contribution >= 0.6 is 0 Å².